The summed E-state index contributed by atoms with van der Waals surface area (Å²) in [6, 6.07) is 0. The van der Waals surface area contributed by atoms with E-state index in [1.54, 1.807) is 0 Å². The average Bonchev–Trinajstić information content (AvgIpc) is 2.88. The van der Waals surface area contributed by atoms with Gasteiger partial charge >= 0.3 is 0 Å². The second kappa shape index (κ2) is 5.14. The van der Waals surface area contributed by atoms with Crippen LogP contribution in [0.2, 0.25) is 0 Å². The van der Waals surface area contributed by atoms with Crippen molar-refractivity contribution in [3.05, 3.63) is 23.8 Å². The number of fused-ring (bicyclic) bond motifs is 5. The van der Waals surface area contributed by atoms with Gasteiger partial charge in [0, 0.05) is 18.3 Å². The molecular formula is C21H28O3. The van der Waals surface area contributed by atoms with Crippen molar-refractivity contribution in [2.24, 2.45) is 34.5 Å². The molecule has 3 heteroatoms. The van der Waals surface area contributed by atoms with Gasteiger partial charge in [0.25, 0.3) is 0 Å². The van der Waals surface area contributed by atoms with Crippen LogP contribution in [0.4, 0.5) is 0 Å². The lowest BCUT2D eigenvalue weighted by Gasteiger charge is -2.55. The molecule has 0 saturated heterocycles. The van der Waals surface area contributed by atoms with Gasteiger partial charge < -0.3 is 5.11 Å². The monoisotopic (exact) mass is 328 g/mol. The SMILES string of the molecule is CC(O)C1CCC2C3C=CC4=CC(=O)CC[C@]4(C)C3CC(=O)[C@]12C. The Hall–Kier alpha value is -1.22. The number of Topliss-reactive ketones (excluding diaryl/α,β-unsaturated/α-hetero) is 1. The minimum Gasteiger partial charge on any atom is -0.393 e. The number of aliphatic hydroxyl groups is 1. The molecule has 1 N–H and O–H groups in total. The van der Waals surface area contributed by atoms with E-state index in [0.29, 0.717) is 36.4 Å². The van der Waals surface area contributed by atoms with E-state index in [2.05, 4.69) is 26.0 Å². The summed E-state index contributed by atoms with van der Waals surface area (Å²) in [7, 11) is 0. The van der Waals surface area contributed by atoms with Crippen LogP contribution in [0.3, 0.4) is 0 Å². The highest BCUT2D eigenvalue weighted by molar-refractivity contribution is 5.92. The maximum absolute atomic E-state index is 13.2. The standard InChI is InChI=1S/C21H28O3/c1-12(22)16-6-7-17-15-5-4-13-10-14(23)8-9-20(13,2)18(15)11-19(24)21(16,17)3/h4-5,10,12,15-18,22H,6-9,11H2,1-3H3/t12?,15?,16?,17?,18?,20-,21+/m0/s1. The predicted octanol–water partition coefficient (Wildman–Crippen LogP) is 3.47. The number of carbonyl (C=O) groups excluding carboxylic acids is 2. The number of hydrogen-bond donors (Lipinski definition) is 1. The number of hydrogen-bond acceptors (Lipinski definition) is 3. The Bertz CT molecular complexity index is 658. The van der Waals surface area contributed by atoms with E-state index in [1.165, 1.54) is 0 Å². The van der Waals surface area contributed by atoms with Gasteiger partial charge in [-0.05, 0) is 66.9 Å². The molecule has 24 heavy (non-hydrogen) atoms. The molecule has 0 heterocycles. The first kappa shape index (κ1) is 16.3. The molecule has 7 atom stereocenters. The van der Waals surface area contributed by atoms with Crippen LogP contribution in [0.15, 0.2) is 23.8 Å². The molecule has 0 amide bonds. The van der Waals surface area contributed by atoms with E-state index in [9.17, 15) is 14.7 Å². The average molecular weight is 328 g/mol. The third kappa shape index (κ3) is 1.94. The zero-order valence-electron chi connectivity index (χ0n) is 14.9. The van der Waals surface area contributed by atoms with Gasteiger partial charge in [0.1, 0.15) is 5.78 Å². The molecule has 130 valence electrons. The Labute approximate surface area is 144 Å². The van der Waals surface area contributed by atoms with Gasteiger partial charge in [-0.2, -0.15) is 0 Å². The third-order valence-corrected chi connectivity index (χ3v) is 8.03. The second-order valence-electron chi connectivity index (χ2n) is 8.97. The predicted molar refractivity (Wildman–Crippen MR) is 92.2 cm³/mol. The molecule has 3 nitrogen and oxygen atoms in total. The minimum atomic E-state index is -0.425. The lowest BCUT2D eigenvalue weighted by Crippen LogP contribution is -2.54. The highest BCUT2D eigenvalue weighted by atomic mass is 16.3. The third-order valence-electron chi connectivity index (χ3n) is 8.03. The largest absolute Gasteiger partial charge is 0.393 e. The topological polar surface area (TPSA) is 54.4 Å². The van der Waals surface area contributed by atoms with Gasteiger partial charge in [-0.25, -0.2) is 0 Å². The van der Waals surface area contributed by atoms with Crippen LogP contribution in [0.1, 0.15) is 52.9 Å². The number of carbonyl (C=O) groups is 2. The van der Waals surface area contributed by atoms with Gasteiger partial charge in [-0.1, -0.05) is 26.0 Å². The van der Waals surface area contributed by atoms with Gasteiger partial charge in [0.15, 0.2) is 5.78 Å². The Kier molecular flexibility index (Phi) is 3.48. The summed E-state index contributed by atoms with van der Waals surface area (Å²) in [4.78, 5) is 25.1. The summed E-state index contributed by atoms with van der Waals surface area (Å²) in [6.07, 6.45) is 9.84. The number of ketones is 2. The molecule has 4 aliphatic carbocycles. The molecule has 0 aromatic heterocycles. The maximum atomic E-state index is 13.2. The smallest absolute Gasteiger partial charge is 0.156 e. The Morgan fingerprint density at radius 3 is 2.67 bits per heavy atom. The molecule has 0 aliphatic heterocycles. The Balaban J connectivity index is 1.77. The first-order chi connectivity index (χ1) is 11.3. The quantitative estimate of drug-likeness (QED) is 0.802. The van der Waals surface area contributed by atoms with E-state index in [1.807, 2.05) is 13.0 Å². The summed E-state index contributed by atoms with van der Waals surface area (Å²) in [5.41, 5.74) is 0.691. The summed E-state index contributed by atoms with van der Waals surface area (Å²) in [5.74, 6) is 1.67. The fourth-order valence-corrected chi connectivity index (χ4v) is 6.53. The molecule has 0 aromatic carbocycles. The highest BCUT2D eigenvalue weighted by Gasteiger charge is 2.62. The molecule has 4 aliphatic rings. The van der Waals surface area contributed by atoms with Crippen molar-refractivity contribution in [3.63, 3.8) is 0 Å². The summed E-state index contributed by atoms with van der Waals surface area (Å²) in [5, 5.41) is 10.2. The molecule has 2 saturated carbocycles. The van der Waals surface area contributed by atoms with E-state index in [-0.39, 0.29) is 22.5 Å². The lowest BCUT2D eigenvalue weighted by molar-refractivity contribution is -0.146. The van der Waals surface area contributed by atoms with Crippen LogP contribution >= 0.6 is 0 Å². The van der Waals surface area contributed by atoms with Crippen molar-refractivity contribution >= 4 is 11.6 Å². The minimum absolute atomic E-state index is 0.0484. The van der Waals surface area contributed by atoms with Gasteiger partial charge in [-0.3, -0.25) is 9.59 Å². The fraction of sp³-hybridized carbons (Fsp3) is 0.714. The second-order valence-corrected chi connectivity index (χ2v) is 8.97. The normalized spacial score (nSPS) is 48.4. The molecule has 0 bridgehead atoms. The molecule has 2 fully saturated rings. The Morgan fingerprint density at radius 1 is 1.21 bits per heavy atom. The first-order valence-corrected chi connectivity index (χ1v) is 9.43. The van der Waals surface area contributed by atoms with E-state index in [0.717, 1.165) is 24.8 Å². The number of rotatable bonds is 1. The number of aliphatic hydroxyl groups excluding tert-OH is 1. The zero-order valence-corrected chi connectivity index (χ0v) is 14.9. The summed E-state index contributed by atoms with van der Waals surface area (Å²) < 4.78 is 0. The zero-order chi connectivity index (χ0) is 17.3. The highest BCUT2D eigenvalue weighted by Crippen LogP contribution is 2.64. The fourth-order valence-electron chi connectivity index (χ4n) is 6.53. The maximum Gasteiger partial charge on any atom is 0.156 e. The van der Waals surface area contributed by atoms with Crippen molar-refractivity contribution < 1.29 is 14.7 Å². The summed E-state index contributed by atoms with van der Waals surface area (Å²) >= 11 is 0. The van der Waals surface area contributed by atoms with Crippen molar-refractivity contribution in [1.82, 2.24) is 0 Å². The lowest BCUT2D eigenvalue weighted by atomic mass is 9.48. The van der Waals surface area contributed by atoms with Crippen LogP contribution in [-0.2, 0) is 9.59 Å². The van der Waals surface area contributed by atoms with Crippen molar-refractivity contribution in [2.75, 3.05) is 0 Å². The van der Waals surface area contributed by atoms with Crippen LogP contribution in [-0.4, -0.2) is 22.8 Å². The molecule has 0 spiro atoms. The molecule has 4 rings (SSSR count). The Morgan fingerprint density at radius 2 is 1.96 bits per heavy atom. The van der Waals surface area contributed by atoms with E-state index < -0.39 is 6.10 Å². The summed E-state index contributed by atoms with van der Waals surface area (Å²) in [6.45, 7) is 6.19. The van der Waals surface area contributed by atoms with Gasteiger partial charge in [0.2, 0.25) is 0 Å². The molecule has 5 unspecified atom stereocenters. The molecular weight excluding hydrogens is 300 g/mol. The number of allylic oxidation sites excluding steroid dienone is 4. The van der Waals surface area contributed by atoms with Crippen LogP contribution in [0.25, 0.3) is 0 Å². The van der Waals surface area contributed by atoms with Crippen LogP contribution in [0.5, 0.6) is 0 Å². The van der Waals surface area contributed by atoms with E-state index >= 15 is 0 Å². The molecule has 0 aromatic rings. The first-order valence-electron chi connectivity index (χ1n) is 9.43. The van der Waals surface area contributed by atoms with Gasteiger partial charge in [-0.15, -0.1) is 0 Å². The van der Waals surface area contributed by atoms with Crippen molar-refractivity contribution in [1.29, 1.82) is 0 Å². The van der Waals surface area contributed by atoms with Crippen LogP contribution in [0, 0.1) is 34.5 Å². The van der Waals surface area contributed by atoms with Crippen molar-refractivity contribution in [2.45, 2.75) is 59.0 Å². The van der Waals surface area contributed by atoms with Gasteiger partial charge in [0.05, 0.1) is 6.10 Å². The van der Waals surface area contributed by atoms with E-state index in [4.69, 9.17) is 0 Å². The molecule has 0 radical (unpaired) electrons. The van der Waals surface area contributed by atoms with Crippen molar-refractivity contribution in [3.8, 4) is 0 Å². The van der Waals surface area contributed by atoms with Crippen LogP contribution < -0.4 is 0 Å².